The molecule has 0 bridgehead atoms. The summed E-state index contributed by atoms with van der Waals surface area (Å²) < 4.78 is 29.5. The average molecular weight is 435 g/mol. The van der Waals surface area contributed by atoms with E-state index in [2.05, 4.69) is 0 Å². The third-order valence-electron chi connectivity index (χ3n) is 9.19. The predicted octanol–water partition coefficient (Wildman–Crippen LogP) is 2.42. The first-order valence-corrected chi connectivity index (χ1v) is 11.2. The Morgan fingerprint density at radius 2 is 1.97 bits per heavy atom. The first-order valence-electron chi connectivity index (χ1n) is 11.2. The number of ether oxygens (including phenoxy) is 2. The quantitative estimate of drug-likeness (QED) is 0.694. The lowest BCUT2D eigenvalue weighted by Gasteiger charge is -2.62. The number of alkyl halides is 1. The van der Waals surface area contributed by atoms with Crippen LogP contribution < -0.4 is 0 Å². The second-order valence-corrected chi connectivity index (χ2v) is 10.9. The fraction of sp³-hybridized carbons (Fsp3) is 0.750. The molecule has 0 radical (unpaired) electrons. The maximum atomic E-state index is 17.1. The number of rotatable bonds is 2. The lowest BCUT2D eigenvalue weighted by atomic mass is 9.44. The monoisotopic (exact) mass is 434 g/mol. The van der Waals surface area contributed by atoms with Gasteiger partial charge in [-0.3, -0.25) is 9.59 Å². The first kappa shape index (κ1) is 21.4. The Kier molecular flexibility index (Phi) is 4.24. The van der Waals surface area contributed by atoms with E-state index in [0.29, 0.717) is 19.3 Å². The molecule has 0 spiro atoms. The summed E-state index contributed by atoms with van der Waals surface area (Å²) in [5.74, 6) is -2.46. The van der Waals surface area contributed by atoms with Crippen LogP contribution in [0.15, 0.2) is 23.8 Å². The fourth-order valence-electron chi connectivity index (χ4n) is 7.93. The Morgan fingerprint density at radius 3 is 2.65 bits per heavy atom. The highest BCUT2D eigenvalue weighted by Gasteiger charge is 2.79. The van der Waals surface area contributed by atoms with E-state index in [0.717, 1.165) is 5.57 Å². The van der Waals surface area contributed by atoms with Crippen molar-refractivity contribution in [2.75, 3.05) is 6.61 Å². The van der Waals surface area contributed by atoms with Crippen LogP contribution in [0.25, 0.3) is 0 Å². The zero-order valence-electron chi connectivity index (χ0n) is 18.5. The second-order valence-electron chi connectivity index (χ2n) is 10.9. The van der Waals surface area contributed by atoms with E-state index >= 15 is 4.39 Å². The van der Waals surface area contributed by atoms with Crippen LogP contribution in [-0.2, 0) is 19.1 Å². The highest BCUT2D eigenvalue weighted by molar-refractivity contribution is 6.01. The molecule has 31 heavy (non-hydrogen) atoms. The molecule has 7 heteroatoms. The van der Waals surface area contributed by atoms with E-state index in [4.69, 9.17) is 9.47 Å². The minimum Gasteiger partial charge on any atom is -0.390 e. The van der Waals surface area contributed by atoms with Gasteiger partial charge in [0.05, 0.1) is 12.2 Å². The number of aliphatic hydroxyl groups is 2. The number of aliphatic hydroxyl groups excluding tert-OH is 2. The number of carbonyl (C=O) groups is 2. The van der Waals surface area contributed by atoms with Crippen LogP contribution in [0.4, 0.5) is 4.39 Å². The molecule has 1 saturated heterocycles. The molecule has 0 amide bonds. The van der Waals surface area contributed by atoms with Crippen molar-refractivity contribution in [3.63, 3.8) is 0 Å². The van der Waals surface area contributed by atoms with Crippen LogP contribution in [0.3, 0.4) is 0 Å². The molecule has 6 nitrogen and oxygen atoms in total. The predicted molar refractivity (Wildman–Crippen MR) is 109 cm³/mol. The lowest BCUT2D eigenvalue weighted by Crippen LogP contribution is -2.70. The zero-order chi connectivity index (χ0) is 22.6. The van der Waals surface area contributed by atoms with Gasteiger partial charge < -0.3 is 19.7 Å². The molecule has 3 saturated carbocycles. The van der Waals surface area contributed by atoms with Gasteiger partial charge in [-0.25, -0.2) is 4.39 Å². The highest BCUT2D eigenvalue weighted by Crippen LogP contribution is 2.72. The molecule has 0 unspecified atom stereocenters. The van der Waals surface area contributed by atoms with Crippen LogP contribution in [0.1, 0.15) is 53.4 Å². The summed E-state index contributed by atoms with van der Waals surface area (Å²) in [5.41, 5.74) is -4.66. The van der Waals surface area contributed by atoms with Gasteiger partial charge in [-0.05, 0) is 64.5 Å². The Bertz CT molecular complexity index is 925. The number of Topliss-reactive ketones (excluding diaryl/α,β-unsaturated/α-hetero) is 1. The molecular weight excluding hydrogens is 403 g/mol. The molecule has 1 heterocycles. The van der Waals surface area contributed by atoms with E-state index in [1.54, 1.807) is 26.8 Å². The van der Waals surface area contributed by atoms with Gasteiger partial charge in [-0.2, -0.15) is 0 Å². The molecule has 4 fully saturated rings. The van der Waals surface area contributed by atoms with E-state index < -0.39 is 58.4 Å². The molecule has 8 atom stereocenters. The van der Waals surface area contributed by atoms with Gasteiger partial charge in [-0.1, -0.05) is 18.6 Å². The van der Waals surface area contributed by atoms with Gasteiger partial charge in [0, 0.05) is 16.7 Å². The molecule has 5 aliphatic rings. The van der Waals surface area contributed by atoms with Crippen molar-refractivity contribution in [2.24, 2.45) is 22.7 Å². The van der Waals surface area contributed by atoms with Crippen molar-refractivity contribution >= 4 is 11.6 Å². The zero-order valence-corrected chi connectivity index (χ0v) is 18.5. The highest BCUT2D eigenvalue weighted by atomic mass is 19.1. The van der Waals surface area contributed by atoms with Gasteiger partial charge >= 0.3 is 0 Å². The summed E-state index contributed by atoms with van der Waals surface area (Å²) >= 11 is 0. The summed E-state index contributed by atoms with van der Waals surface area (Å²) in [6, 6.07) is 0. The second kappa shape index (κ2) is 6.13. The smallest absolute Gasteiger partial charge is 0.193 e. The topological polar surface area (TPSA) is 93.1 Å². The normalized spacial score (nSPS) is 52.1. The fourth-order valence-corrected chi connectivity index (χ4v) is 7.93. The third kappa shape index (κ3) is 2.31. The van der Waals surface area contributed by atoms with Crippen LogP contribution >= 0.6 is 0 Å². The van der Waals surface area contributed by atoms with Crippen molar-refractivity contribution in [1.82, 2.24) is 0 Å². The van der Waals surface area contributed by atoms with Gasteiger partial charge in [0.15, 0.2) is 28.6 Å². The van der Waals surface area contributed by atoms with Crippen molar-refractivity contribution in [3.8, 4) is 0 Å². The number of ketones is 2. The molecular formula is C24H31FO6. The number of allylic oxidation sites excluding steroid dienone is 4. The first-order chi connectivity index (χ1) is 14.4. The van der Waals surface area contributed by atoms with Crippen molar-refractivity contribution in [1.29, 1.82) is 0 Å². The number of fused-ring (bicyclic) bond motifs is 7. The summed E-state index contributed by atoms with van der Waals surface area (Å²) in [6.07, 6.45) is 4.00. The number of hydrogen-bond acceptors (Lipinski definition) is 6. The van der Waals surface area contributed by atoms with Crippen molar-refractivity contribution in [2.45, 2.75) is 82.6 Å². The molecule has 170 valence electrons. The van der Waals surface area contributed by atoms with Crippen molar-refractivity contribution in [3.05, 3.63) is 23.8 Å². The maximum Gasteiger partial charge on any atom is 0.193 e. The summed E-state index contributed by atoms with van der Waals surface area (Å²) in [6.45, 7) is 6.41. The number of halogens is 1. The Balaban J connectivity index is 1.64. The van der Waals surface area contributed by atoms with Gasteiger partial charge in [0.25, 0.3) is 0 Å². The molecule has 1 aliphatic heterocycles. The SMILES string of the molecule is CC1(C)O[C@@H]2C[C@@H]3[C@H]4CCC5=CC(=O)C=C[C@]5(C)[C@]4(F)[C@@H](O)C[C@@]3(C)[C@@]2(C(=O)CO)O1. The average Bonchev–Trinajstić information content (AvgIpc) is 3.09. The molecule has 0 aromatic heterocycles. The summed E-state index contributed by atoms with van der Waals surface area (Å²) in [5, 5.41) is 21.2. The number of carbonyl (C=O) groups excluding carboxylic acids is 2. The molecule has 2 N–H and O–H groups in total. The minimum absolute atomic E-state index is 0.0109. The van der Waals surface area contributed by atoms with Crippen LogP contribution in [0.5, 0.6) is 0 Å². The van der Waals surface area contributed by atoms with Gasteiger partial charge in [0.1, 0.15) is 6.61 Å². The summed E-state index contributed by atoms with van der Waals surface area (Å²) in [7, 11) is 0. The Morgan fingerprint density at radius 1 is 1.26 bits per heavy atom. The molecule has 0 aromatic rings. The largest absolute Gasteiger partial charge is 0.390 e. The van der Waals surface area contributed by atoms with Crippen LogP contribution in [0, 0.1) is 22.7 Å². The van der Waals surface area contributed by atoms with Gasteiger partial charge in [-0.15, -0.1) is 0 Å². The minimum atomic E-state index is -1.98. The lowest BCUT2D eigenvalue weighted by molar-refractivity contribution is -0.246. The number of hydrogen-bond donors (Lipinski definition) is 2. The van der Waals surface area contributed by atoms with Crippen LogP contribution in [0.2, 0.25) is 0 Å². The Labute approximate surface area is 181 Å². The summed E-state index contributed by atoms with van der Waals surface area (Å²) in [4.78, 5) is 25.1. The van der Waals surface area contributed by atoms with E-state index in [1.807, 2.05) is 6.92 Å². The van der Waals surface area contributed by atoms with E-state index in [1.165, 1.54) is 12.2 Å². The van der Waals surface area contributed by atoms with Crippen LogP contribution in [-0.4, -0.2) is 57.7 Å². The van der Waals surface area contributed by atoms with E-state index in [9.17, 15) is 19.8 Å². The third-order valence-corrected chi connectivity index (χ3v) is 9.19. The molecule has 4 aliphatic carbocycles. The van der Waals surface area contributed by atoms with Crippen molar-refractivity contribution < 1.29 is 33.7 Å². The molecule has 0 aromatic carbocycles. The molecule has 5 rings (SSSR count). The standard InChI is InChI=1S/C24H31FO6/c1-20(2)30-19-10-16-15-6-5-13-9-14(27)7-8-21(13,3)23(15,25)17(28)11-22(16,4)24(19,31-20)18(29)12-26/h7-9,15-17,19,26,28H,5-6,10-12H2,1-4H3/t15-,16-,17+,19-,21+,22-,23-,24+/m1/s1. The van der Waals surface area contributed by atoms with Gasteiger partial charge in [0.2, 0.25) is 0 Å². The Hall–Kier alpha value is -1.41. The maximum absolute atomic E-state index is 17.1. The van der Waals surface area contributed by atoms with E-state index in [-0.39, 0.29) is 18.1 Å².